The van der Waals surface area contributed by atoms with Gasteiger partial charge in [-0.1, -0.05) is 20.3 Å². The molecule has 2 fully saturated rings. The van der Waals surface area contributed by atoms with E-state index in [0.717, 1.165) is 13.1 Å². The van der Waals surface area contributed by atoms with Gasteiger partial charge in [0.2, 0.25) is 5.91 Å². The van der Waals surface area contributed by atoms with E-state index in [1.165, 1.54) is 19.3 Å². The molecule has 1 saturated heterocycles. The number of carbonyl (C=O) groups excluding carboxylic acids is 1. The Labute approximate surface area is 117 Å². The Hall–Kier alpha value is -0.610. The van der Waals surface area contributed by atoms with Crippen molar-refractivity contribution >= 4 is 5.91 Å². The van der Waals surface area contributed by atoms with Crippen molar-refractivity contribution < 1.29 is 9.53 Å². The summed E-state index contributed by atoms with van der Waals surface area (Å²) in [4.78, 5) is 16.8. The van der Waals surface area contributed by atoms with Gasteiger partial charge in [0.15, 0.2) is 0 Å². The van der Waals surface area contributed by atoms with Gasteiger partial charge in [-0.15, -0.1) is 0 Å². The van der Waals surface area contributed by atoms with Crippen LogP contribution in [0.1, 0.15) is 40.0 Å². The third-order valence-electron chi connectivity index (χ3n) is 4.69. The molecule has 1 heterocycles. The Morgan fingerprint density at radius 1 is 1.32 bits per heavy atom. The fourth-order valence-electron chi connectivity index (χ4n) is 2.75. The maximum absolute atomic E-state index is 12.4. The molecule has 2 unspecified atom stereocenters. The highest BCUT2D eigenvalue weighted by Gasteiger charge is 2.35. The van der Waals surface area contributed by atoms with Crippen LogP contribution >= 0.6 is 0 Å². The minimum absolute atomic E-state index is 0.283. The quantitative estimate of drug-likeness (QED) is 0.735. The van der Waals surface area contributed by atoms with E-state index in [0.29, 0.717) is 37.8 Å². The molecule has 0 aromatic heterocycles. The van der Waals surface area contributed by atoms with Crippen molar-refractivity contribution in [3.63, 3.8) is 0 Å². The molecule has 0 N–H and O–H groups in total. The Morgan fingerprint density at radius 2 is 1.95 bits per heavy atom. The monoisotopic (exact) mass is 268 g/mol. The van der Waals surface area contributed by atoms with Crippen molar-refractivity contribution in [1.82, 2.24) is 9.80 Å². The van der Waals surface area contributed by atoms with Gasteiger partial charge in [0.1, 0.15) is 0 Å². The maximum Gasteiger partial charge on any atom is 0.236 e. The predicted molar refractivity (Wildman–Crippen MR) is 76.0 cm³/mol. The number of morpholine rings is 1. The average molecular weight is 268 g/mol. The maximum atomic E-state index is 12.4. The third kappa shape index (κ3) is 3.93. The number of carbonyl (C=O) groups is 1. The lowest BCUT2D eigenvalue weighted by Gasteiger charge is -2.35. The van der Waals surface area contributed by atoms with Gasteiger partial charge in [0, 0.05) is 25.2 Å². The summed E-state index contributed by atoms with van der Waals surface area (Å²) >= 11 is 0. The SMILES string of the molecule is CCC(C)C(C)N(CC(=O)N1CCOCC1)C1CC1. The lowest BCUT2D eigenvalue weighted by molar-refractivity contribution is -0.137. The van der Waals surface area contributed by atoms with E-state index >= 15 is 0 Å². The molecule has 4 heteroatoms. The Kier molecular flexibility index (Phi) is 5.22. The van der Waals surface area contributed by atoms with Gasteiger partial charge in [-0.2, -0.15) is 0 Å². The van der Waals surface area contributed by atoms with Crippen LogP contribution in [0.5, 0.6) is 0 Å². The van der Waals surface area contributed by atoms with Crippen LogP contribution in [0.2, 0.25) is 0 Å². The van der Waals surface area contributed by atoms with E-state index in [4.69, 9.17) is 4.74 Å². The summed E-state index contributed by atoms with van der Waals surface area (Å²) in [7, 11) is 0. The van der Waals surface area contributed by atoms with E-state index in [1.807, 2.05) is 4.90 Å². The number of rotatable bonds is 6. The first-order chi connectivity index (χ1) is 9.13. The van der Waals surface area contributed by atoms with Crippen molar-refractivity contribution in [2.24, 2.45) is 5.92 Å². The van der Waals surface area contributed by atoms with Gasteiger partial charge in [-0.3, -0.25) is 9.69 Å². The molecule has 0 aromatic rings. The minimum atomic E-state index is 0.283. The van der Waals surface area contributed by atoms with Crippen LogP contribution in [0.4, 0.5) is 0 Å². The fraction of sp³-hybridized carbons (Fsp3) is 0.933. The predicted octanol–water partition coefficient (Wildman–Crippen LogP) is 1.74. The molecule has 1 aliphatic heterocycles. The topological polar surface area (TPSA) is 32.8 Å². The summed E-state index contributed by atoms with van der Waals surface area (Å²) in [6.07, 6.45) is 3.70. The number of nitrogens with zero attached hydrogens (tertiary/aromatic N) is 2. The highest BCUT2D eigenvalue weighted by molar-refractivity contribution is 5.78. The van der Waals surface area contributed by atoms with Crippen molar-refractivity contribution in [1.29, 1.82) is 0 Å². The lowest BCUT2D eigenvalue weighted by Crippen LogP contribution is -2.49. The second-order valence-electron chi connectivity index (χ2n) is 6.02. The van der Waals surface area contributed by atoms with Crippen molar-refractivity contribution in [2.45, 2.75) is 52.1 Å². The van der Waals surface area contributed by atoms with Crippen LogP contribution in [0.15, 0.2) is 0 Å². The zero-order valence-corrected chi connectivity index (χ0v) is 12.6. The molecule has 0 radical (unpaired) electrons. The first kappa shape index (κ1) is 14.8. The second kappa shape index (κ2) is 6.71. The molecule has 0 bridgehead atoms. The average Bonchev–Trinajstić information content (AvgIpc) is 3.28. The highest BCUT2D eigenvalue weighted by Crippen LogP contribution is 2.31. The van der Waals surface area contributed by atoms with Gasteiger partial charge in [0.05, 0.1) is 19.8 Å². The largest absolute Gasteiger partial charge is 0.378 e. The van der Waals surface area contributed by atoms with Crippen LogP contribution in [-0.4, -0.2) is 60.6 Å². The first-order valence-electron chi connectivity index (χ1n) is 7.74. The van der Waals surface area contributed by atoms with Gasteiger partial charge in [0.25, 0.3) is 0 Å². The van der Waals surface area contributed by atoms with Gasteiger partial charge >= 0.3 is 0 Å². The fourth-order valence-corrected chi connectivity index (χ4v) is 2.75. The molecule has 1 amide bonds. The molecule has 110 valence electrons. The molecular weight excluding hydrogens is 240 g/mol. The molecule has 1 saturated carbocycles. The van der Waals surface area contributed by atoms with Crippen molar-refractivity contribution in [2.75, 3.05) is 32.8 Å². The van der Waals surface area contributed by atoms with Crippen LogP contribution < -0.4 is 0 Å². The third-order valence-corrected chi connectivity index (χ3v) is 4.69. The van der Waals surface area contributed by atoms with Gasteiger partial charge in [-0.05, 0) is 25.7 Å². The molecule has 0 aromatic carbocycles. The van der Waals surface area contributed by atoms with Crippen molar-refractivity contribution in [3.8, 4) is 0 Å². The molecular formula is C15H28N2O2. The second-order valence-corrected chi connectivity index (χ2v) is 6.02. The Balaban J connectivity index is 1.90. The summed E-state index contributed by atoms with van der Waals surface area (Å²) < 4.78 is 5.31. The molecule has 19 heavy (non-hydrogen) atoms. The van der Waals surface area contributed by atoms with Crippen LogP contribution in [-0.2, 0) is 9.53 Å². The van der Waals surface area contributed by atoms with Gasteiger partial charge < -0.3 is 9.64 Å². The van der Waals surface area contributed by atoms with E-state index in [-0.39, 0.29) is 5.91 Å². The van der Waals surface area contributed by atoms with Crippen LogP contribution in [0.3, 0.4) is 0 Å². The summed E-state index contributed by atoms with van der Waals surface area (Å²) in [5.41, 5.74) is 0. The Bertz CT molecular complexity index is 299. The molecule has 2 rings (SSSR count). The number of hydrogen-bond donors (Lipinski definition) is 0. The zero-order valence-electron chi connectivity index (χ0n) is 12.6. The molecule has 2 atom stereocenters. The summed E-state index contributed by atoms with van der Waals surface area (Å²) in [6.45, 7) is 10.3. The van der Waals surface area contributed by atoms with Crippen LogP contribution in [0.25, 0.3) is 0 Å². The van der Waals surface area contributed by atoms with Gasteiger partial charge in [-0.25, -0.2) is 0 Å². The smallest absolute Gasteiger partial charge is 0.236 e. The molecule has 2 aliphatic rings. The number of amides is 1. The first-order valence-corrected chi connectivity index (χ1v) is 7.74. The Morgan fingerprint density at radius 3 is 2.47 bits per heavy atom. The molecule has 4 nitrogen and oxygen atoms in total. The van der Waals surface area contributed by atoms with E-state index in [2.05, 4.69) is 25.7 Å². The number of ether oxygens (including phenoxy) is 1. The van der Waals surface area contributed by atoms with E-state index < -0.39 is 0 Å². The normalized spacial score (nSPS) is 23.5. The number of hydrogen-bond acceptors (Lipinski definition) is 3. The van der Waals surface area contributed by atoms with E-state index in [1.54, 1.807) is 0 Å². The van der Waals surface area contributed by atoms with Crippen molar-refractivity contribution in [3.05, 3.63) is 0 Å². The lowest BCUT2D eigenvalue weighted by atomic mass is 9.99. The minimum Gasteiger partial charge on any atom is -0.378 e. The van der Waals surface area contributed by atoms with Crippen LogP contribution in [0, 0.1) is 5.92 Å². The summed E-state index contributed by atoms with van der Waals surface area (Å²) in [6, 6.07) is 1.15. The van der Waals surface area contributed by atoms with E-state index in [9.17, 15) is 4.79 Å². The zero-order chi connectivity index (χ0) is 13.8. The summed E-state index contributed by atoms with van der Waals surface area (Å²) in [5.74, 6) is 0.934. The molecule has 0 spiro atoms. The standard InChI is InChI=1S/C15H28N2O2/c1-4-12(2)13(3)17(14-5-6-14)11-15(18)16-7-9-19-10-8-16/h12-14H,4-11H2,1-3H3. The summed E-state index contributed by atoms with van der Waals surface area (Å²) in [5, 5.41) is 0. The molecule has 1 aliphatic carbocycles. The highest BCUT2D eigenvalue weighted by atomic mass is 16.5.